The van der Waals surface area contributed by atoms with Gasteiger partial charge in [0, 0.05) is 42.1 Å². The van der Waals surface area contributed by atoms with Gasteiger partial charge >= 0.3 is 0 Å². The molecule has 128 valence electrons. The minimum absolute atomic E-state index is 0.00605. The smallest absolute Gasteiger partial charge is 0.227 e. The van der Waals surface area contributed by atoms with Gasteiger partial charge in [0.05, 0.1) is 6.42 Å². The molecule has 5 heteroatoms. The van der Waals surface area contributed by atoms with Crippen LogP contribution in [0.25, 0.3) is 10.9 Å². The molecule has 24 heavy (non-hydrogen) atoms. The molecule has 0 atom stereocenters. The summed E-state index contributed by atoms with van der Waals surface area (Å²) in [5.74, 6) is 0.262. The molecule has 2 aromatic rings. The van der Waals surface area contributed by atoms with Gasteiger partial charge in [0.1, 0.15) is 0 Å². The summed E-state index contributed by atoms with van der Waals surface area (Å²) >= 11 is 0. The summed E-state index contributed by atoms with van der Waals surface area (Å²) in [6, 6.07) is 8.24. The third-order valence-corrected chi connectivity index (χ3v) is 4.74. The monoisotopic (exact) mass is 327 g/mol. The van der Waals surface area contributed by atoms with E-state index in [1.54, 1.807) is 0 Å². The van der Waals surface area contributed by atoms with E-state index in [2.05, 4.69) is 10.3 Å². The van der Waals surface area contributed by atoms with Gasteiger partial charge in [-0.3, -0.25) is 9.59 Å². The van der Waals surface area contributed by atoms with Crippen LogP contribution in [-0.2, 0) is 16.0 Å². The van der Waals surface area contributed by atoms with Crippen molar-refractivity contribution in [1.82, 2.24) is 15.2 Å². The minimum Gasteiger partial charge on any atom is -0.361 e. The number of piperidine rings is 1. The van der Waals surface area contributed by atoms with Gasteiger partial charge in [0.25, 0.3) is 0 Å². The second-order valence-corrected chi connectivity index (χ2v) is 6.85. The van der Waals surface area contributed by atoms with Crippen LogP contribution in [0.1, 0.15) is 32.3 Å². The van der Waals surface area contributed by atoms with Crippen LogP contribution in [0.5, 0.6) is 0 Å². The number of fused-ring (bicyclic) bond motifs is 1. The third-order valence-electron chi connectivity index (χ3n) is 4.74. The molecule has 1 aromatic carbocycles. The molecule has 1 fully saturated rings. The zero-order valence-electron chi connectivity index (χ0n) is 14.3. The summed E-state index contributed by atoms with van der Waals surface area (Å²) in [5, 5.41) is 4.18. The summed E-state index contributed by atoms with van der Waals surface area (Å²) in [6.07, 6.45) is 4.02. The first-order chi connectivity index (χ1) is 11.5. The van der Waals surface area contributed by atoms with Crippen LogP contribution < -0.4 is 5.32 Å². The highest BCUT2D eigenvalue weighted by Crippen LogP contribution is 2.20. The van der Waals surface area contributed by atoms with Gasteiger partial charge in [-0.15, -0.1) is 0 Å². The maximum Gasteiger partial charge on any atom is 0.227 e. The Bertz CT molecular complexity index is 727. The van der Waals surface area contributed by atoms with Crippen molar-refractivity contribution in [3.8, 4) is 0 Å². The van der Waals surface area contributed by atoms with Gasteiger partial charge in [-0.1, -0.05) is 32.0 Å². The zero-order chi connectivity index (χ0) is 17.1. The molecule has 0 spiro atoms. The first-order valence-corrected chi connectivity index (χ1v) is 8.67. The summed E-state index contributed by atoms with van der Waals surface area (Å²) in [5.41, 5.74) is 2.11. The number of nitrogens with zero attached hydrogens (tertiary/aromatic N) is 1. The number of H-pyrrole nitrogens is 1. The number of nitrogens with one attached hydrogen (secondary N) is 2. The Balaban J connectivity index is 1.55. The van der Waals surface area contributed by atoms with E-state index in [1.807, 2.05) is 49.2 Å². The zero-order valence-corrected chi connectivity index (χ0v) is 14.3. The van der Waals surface area contributed by atoms with Gasteiger partial charge in [-0.05, 0) is 24.5 Å². The van der Waals surface area contributed by atoms with Gasteiger partial charge in [0.15, 0.2) is 0 Å². The number of para-hydroxylation sites is 1. The Labute approximate surface area is 142 Å². The molecule has 1 saturated heterocycles. The van der Waals surface area contributed by atoms with Crippen LogP contribution in [0.3, 0.4) is 0 Å². The van der Waals surface area contributed by atoms with Crippen molar-refractivity contribution in [3.63, 3.8) is 0 Å². The van der Waals surface area contributed by atoms with E-state index in [4.69, 9.17) is 0 Å². The fourth-order valence-electron chi connectivity index (χ4n) is 3.19. The van der Waals surface area contributed by atoms with Crippen molar-refractivity contribution in [2.45, 2.75) is 39.2 Å². The highest BCUT2D eigenvalue weighted by molar-refractivity contribution is 5.89. The maximum atomic E-state index is 12.6. The summed E-state index contributed by atoms with van der Waals surface area (Å²) < 4.78 is 0. The number of rotatable bonds is 4. The largest absolute Gasteiger partial charge is 0.361 e. The molecule has 0 radical (unpaired) electrons. The number of likely N-dealkylation sites (tertiary alicyclic amines) is 1. The van der Waals surface area contributed by atoms with Crippen LogP contribution in [-0.4, -0.2) is 40.8 Å². The number of aromatic amines is 1. The lowest BCUT2D eigenvalue weighted by atomic mass is 10.0. The van der Waals surface area contributed by atoms with Crippen molar-refractivity contribution in [2.75, 3.05) is 13.1 Å². The lowest BCUT2D eigenvalue weighted by Crippen LogP contribution is -2.47. The van der Waals surface area contributed by atoms with E-state index < -0.39 is 0 Å². The second kappa shape index (κ2) is 7.07. The van der Waals surface area contributed by atoms with Gasteiger partial charge < -0.3 is 15.2 Å². The average molecular weight is 327 g/mol. The van der Waals surface area contributed by atoms with Crippen LogP contribution in [0, 0.1) is 5.92 Å². The van der Waals surface area contributed by atoms with Crippen molar-refractivity contribution >= 4 is 22.7 Å². The van der Waals surface area contributed by atoms with Crippen LogP contribution in [0.4, 0.5) is 0 Å². The number of amides is 2. The van der Waals surface area contributed by atoms with Gasteiger partial charge in [-0.25, -0.2) is 0 Å². The molecule has 5 nitrogen and oxygen atoms in total. The van der Waals surface area contributed by atoms with E-state index in [1.165, 1.54) is 0 Å². The summed E-state index contributed by atoms with van der Waals surface area (Å²) in [7, 11) is 0. The van der Waals surface area contributed by atoms with Crippen molar-refractivity contribution in [2.24, 2.45) is 5.92 Å². The molecule has 2 heterocycles. The molecule has 1 aliphatic heterocycles. The highest BCUT2D eigenvalue weighted by atomic mass is 16.2. The number of hydrogen-bond donors (Lipinski definition) is 2. The van der Waals surface area contributed by atoms with E-state index in [0.717, 1.165) is 29.3 Å². The number of benzene rings is 1. The van der Waals surface area contributed by atoms with E-state index >= 15 is 0 Å². The first kappa shape index (κ1) is 16.6. The normalized spacial score (nSPS) is 15.9. The molecule has 0 aliphatic carbocycles. The molecule has 0 bridgehead atoms. The number of carbonyl (C=O) groups is 2. The predicted molar refractivity (Wildman–Crippen MR) is 94.6 cm³/mol. The van der Waals surface area contributed by atoms with Crippen LogP contribution in [0.15, 0.2) is 30.5 Å². The molecule has 0 unspecified atom stereocenters. The molecule has 1 aliphatic rings. The van der Waals surface area contributed by atoms with Crippen molar-refractivity contribution < 1.29 is 9.59 Å². The first-order valence-electron chi connectivity index (χ1n) is 8.67. The lowest BCUT2D eigenvalue weighted by Gasteiger charge is -2.32. The van der Waals surface area contributed by atoms with Crippen LogP contribution >= 0.6 is 0 Å². The second-order valence-electron chi connectivity index (χ2n) is 6.85. The molecule has 2 amide bonds. The molecular formula is C19H25N3O2. The Hall–Kier alpha value is -2.30. The van der Waals surface area contributed by atoms with Gasteiger partial charge in [0.2, 0.25) is 11.8 Å². The highest BCUT2D eigenvalue weighted by Gasteiger charge is 2.24. The summed E-state index contributed by atoms with van der Waals surface area (Å²) in [6.45, 7) is 5.22. The number of hydrogen-bond acceptors (Lipinski definition) is 2. The third kappa shape index (κ3) is 3.61. The topological polar surface area (TPSA) is 65.2 Å². The SMILES string of the molecule is CC(C)C(=O)NC1CCN(C(=O)Cc2c[nH]c3ccccc23)CC1. The molecule has 1 aromatic heterocycles. The molecule has 3 rings (SSSR count). The minimum atomic E-state index is 0.00605. The Morgan fingerprint density at radius 2 is 1.96 bits per heavy atom. The standard InChI is InChI=1S/C19H25N3O2/c1-13(2)19(24)21-15-7-9-22(10-8-15)18(23)11-14-12-20-17-6-4-3-5-16(14)17/h3-6,12-13,15,20H,7-11H2,1-2H3,(H,21,24). The van der Waals surface area contributed by atoms with Crippen LogP contribution in [0.2, 0.25) is 0 Å². The predicted octanol–water partition coefficient (Wildman–Crippen LogP) is 2.47. The summed E-state index contributed by atoms with van der Waals surface area (Å²) in [4.78, 5) is 29.5. The van der Waals surface area contributed by atoms with E-state index in [9.17, 15) is 9.59 Å². The van der Waals surface area contributed by atoms with E-state index in [0.29, 0.717) is 19.5 Å². The Kier molecular flexibility index (Phi) is 4.88. The Morgan fingerprint density at radius 1 is 1.25 bits per heavy atom. The van der Waals surface area contributed by atoms with E-state index in [-0.39, 0.29) is 23.8 Å². The van der Waals surface area contributed by atoms with Crippen molar-refractivity contribution in [3.05, 3.63) is 36.0 Å². The van der Waals surface area contributed by atoms with Crippen molar-refractivity contribution in [1.29, 1.82) is 0 Å². The molecular weight excluding hydrogens is 302 g/mol. The Morgan fingerprint density at radius 3 is 2.67 bits per heavy atom. The maximum absolute atomic E-state index is 12.6. The fraction of sp³-hybridized carbons (Fsp3) is 0.474. The average Bonchev–Trinajstić information content (AvgIpc) is 2.98. The molecule has 0 saturated carbocycles. The molecule has 2 N–H and O–H groups in total. The quantitative estimate of drug-likeness (QED) is 0.906. The number of aromatic nitrogens is 1. The lowest BCUT2D eigenvalue weighted by molar-refractivity contribution is -0.131. The number of carbonyl (C=O) groups excluding carboxylic acids is 2. The van der Waals surface area contributed by atoms with Gasteiger partial charge in [-0.2, -0.15) is 0 Å². The fourth-order valence-corrected chi connectivity index (χ4v) is 3.19.